The molecule has 0 radical (unpaired) electrons. The lowest BCUT2D eigenvalue weighted by Crippen LogP contribution is -2.41. The van der Waals surface area contributed by atoms with E-state index in [0.29, 0.717) is 6.42 Å². The second-order valence-electron chi connectivity index (χ2n) is 6.98. The quantitative estimate of drug-likeness (QED) is 0.772. The van der Waals surface area contributed by atoms with Crippen LogP contribution in [-0.4, -0.2) is 22.0 Å². The van der Waals surface area contributed by atoms with Crippen molar-refractivity contribution < 1.29 is 4.79 Å². The molecule has 1 aliphatic carbocycles. The van der Waals surface area contributed by atoms with Gasteiger partial charge in [-0.25, -0.2) is 0 Å². The fourth-order valence-electron chi connectivity index (χ4n) is 3.14. The Bertz CT molecular complexity index is 448. The molecule has 0 spiro atoms. The largest absolute Gasteiger partial charge is 0.295 e. The minimum Gasteiger partial charge on any atom is -0.295 e. The number of nitrogens with zero attached hydrogens (tertiary/aromatic N) is 2. The zero-order valence-corrected chi connectivity index (χ0v) is 12.9. The van der Waals surface area contributed by atoms with Crippen LogP contribution in [0.2, 0.25) is 0 Å². The summed E-state index contributed by atoms with van der Waals surface area (Å²) < 4.78 is 0. The maximum atomic E-state index is 11.9. The summed E-state index contributed by atoms with van der Waals surface area (Å²) in [7, 11) is 0. The summed E-state index contributed by atoms with van der Waals surface area (Å²) in [4.78, 5) is 11.9. The van der Waals surface area contributed by atoms with Gasteiger partial charge in [-0.1, -0.05) is 27.7 Å². The molecule has 0 saturated heterocycles. The van der Waals surface area contributed by atoms with E-state index in [1.165, 1.54) is 5.71 Å². The summed E-state index contributed by atoms with van der Waals surface area (Å²) in [5.41, 5.74) is 2.46. The normalized spacial score (nSPS) is 30.4. The highest BCUT2D eigenvalue weighted by atomic mass is 16.1. The third-order valence-corrected chi connectivity index (χ3v) is 4.42. The van der Waals surface area contributed by atoms with E-state index in [1.54, 1.807) is 0 Å². The van der Waals surface area contributed by atoms with Gasteiger partial charge < -0.3 is 0 Å². The van der Waals surface area contributed by atoms with Crippen molar-refractivity contribution in [3.05, 3.63) is 11.8 Å². The van der Waals surface area contributed by atoms with Crippen LogP contribution in [0.15, 0.2) is 16.9 Å². The average molecular weight is 262 g/mol. The van der Waals surface area contributed by atoms with Gasteiger partial charge in [-0.3, -0.25) is 9.80 Å². The van der Waals surface area contributed by atoms with Crippen LogP contribution in [0.25, 0.3) is 0 Å². The molecule has 0 aromatic carbocycles. The standard InChI is InChI=1S/C16H26N2O/c1-6-12-9-16(5,7-2)18(17-12)13-8-14(19)11-15(3,4)10-13/h8H,6-7,9-11H2,1-5H3. The molecule has 106 valence electrons. The second kappa shape index (κ2) is 4.77. The van der Waals surface area contributed by atoms with Crippen LogP contribution in [-0.2, 0) is 4.79 Å². The van der Waals surface area contributed by atoms with Gasteiger partial charge in [0.25, 0.3) is 0 Å². The molecule has 1 unspecified atom stereocenters. The molecule has 3 nitrogen and oxygen atoms in total. The van der Waals surface area contributed by atoms with Crippen molar-refractivity contribution in [1.29, 1.82) is 0 Å². The summed E-state index contributed by atoms with van der Waals surface area (Å²) in [5, 5.41) is 6.93. The topological polar surface area (TPSA) is 32.7 Å². The average Bonchev–Trinajstić information content (AvgIpc) is 2.65. The Hall–Kier alpha value is -1.12. The Labute approximate surface area is 116 Å². The number of carbonyl (C=O) groups excluding carboxylic acids is 1. The fraction of sp³-hybridized carbons (Fsp3) is 0.750. The molecule has 3 heteroatoms. The lowest BCUT2D eigenvalue weighted by molar-refractivity contribution is -0.117. The SMILES string of the molecule is CCC1=NN(C2=CC(=O)CC(C)(C)C2)C(C)(CC)C1. The first-order valence-corrected chi connectivity index (χ1v) is 7.39. The predicted octanol–water partition coefficient (Wildman–Crippen LogP) is 3.90. The van der Waals surface area contributed by atoms with E-state index in [1.807, 2.05) is 6.08 Å². The van der Waals surface area contributed by atoms with Gasteiger partial charge in [-0.2, -0.15) is 5.10 Å². The van der Waals surface area contributed by atoms with Crippen LogP contribution in [0.4, 0.5) is 0 Å². The van der Waals surface area contributed by atoms with Crippen LogP contribution in [0, 0.1) is 5.41 Å². The van der Waals surface area contributed by atoms with E-state index in [0.717, 1.165) is 31.4 Å². The van der Waals surface area contributed by atoms with Crippen LogP contribution in [0.5, 0.6) is 0 Å². The lowest BCUT2D eigenvalue weighted by Gasteiger charge is -2.39. The van der Waals surface area contributed by atoms with Crippen molar-refractivity contribution in [3.8, 4) is 0 Å². The molecular weight excluding hydrogens is 236 g/mol. The molecule has 0 saturated carbocycles. The van der Waals surface area contributed by atoms with Crippen molar-refractivity contribution in [2.75, 3.05) is 0 Å². The van der Waals surface area contributed by atoms with Crippen molar-refractivity contribution in [2.24, 2.45) is 10.5 Å². The van der Waals surface area contributed by atoms with Crippen molar-refractivity contribution in [3.63, 3.8) is 0 Å². The molecule has 2 rings (SSSR count). The highest BCUT2D eigenvalue weighted by Crippen LogP contribution is 2.41. The summed E-state index contributed by atoms with van der Waals surface area (Å²) >= 11 is 0. The third kappa shape index (κ3) is 2.75. The Kier molecular flexibility index (Phi) is 3.59. The number of hydrogen-bond donors (Lipinski definition) is 0. The molecule has 2 aliphatic rings. The van der Waals surface area contributed by atoms with Gasteiger partial charge in [0, 0.05) is 30.3 Å². The maximum absolute atomic E-state index is 11.9. The van der Waals surface area contributed by atoms with E-state index in [2.05, 4.69) is 39.6 Å². The fourth-order valence-corrected chi connectivity index (χ4v) is 3.14. The van der Waals surface area contributed by atoms with E-state index < -0.39 is 0 Å². The first-order valence-electron chi connectivity index (χ1n) is 7.39. The third-order valence-electron chi connectivity index (χ3n) is 4.42. The molecule has 1 aliphatic heterocycles. The van der Waals surface area contributed by atoms with Gasteiger partial charge in [0.15, 0.2) is 5.78 Å². The van der Waals surface area contributed by atoms with E-state index in [4.69, 9.17) is 5.10 Å². The molecule has 0 N–H and O–H groups in total. The van der Waals surface area contributed by atoms with E-state index in [9.17, 15) is 4.79 Å². The van der Waals surface area contributed by atoms with Gasteiger partial charge >= 0.3 is 0 Å². The summed E-state index contributed by atoms with van der Waals surface area (Å²) in [6.45, 7) is 11.0. The molecule has 0 bridgehead atoms. The van der Waals surface area contributed by atoms with Crippen molar-refractivity contribution in [1.82, 2.24) is 5.01 Å². The van der Waals surface area contributed by atoms with Crippen molar-refractivity contribution >= 4 is 11.5 Å². The molecule has 0 aromatic heterocycles. The number of hydrazone groups is 1. The molecule has 0 amide bonds. The Morgan fingerprint density at radius 1 is 1.21 bits per heavy atom. The monoisotopic (exact) mass is 262 g/mol. The van der Waals surface area contributed by atoms with Gasteiger partial charge in [-0.05, 0) is 31.6 Å². The number of ketones is 1. The number of rotatable bonds is 3. The Morgan fingerprint density at radius 3 is 2.42 bits per heavy atom. The highest BCUT2D eigenvalue weighted by Gasteiger charge is 2.41. The summed E-state index contributed by atoms with van der Waals surface area (Å²) in [6, 6.07) is 0. The number of hydrogen-bond acceptors (Lipinski definition) is 3. The summed E-state index contributed by atoms with van der Waals surface area (Å²) in [5.74, 6) is 0.241. The molecule has 1 heterocycles. The molecule has 0 aromatic rings. The van der Waals surface area contributed by atoms with Crippen LogP contribution >= 0.6 is 0 Å². The molecule has 19 heavy (non-hydrogen) atoms. The maximum Gasteiger partial charge on any atom is 0.158 e. The van der Waals surface area contributed by atoms with Gasteiger partial charge in [-0.15, -0.1) is 0 Å². The first kappa shape index (κ1) is 14.3. The van der Waals surface area contributed by atoms with Gasteiger partial charge in [0.2, 0.25) is 0 Å². The number of carbonyl (C=O) groups is 1. The van der Waals surface area contributed by atoms with Gasteiger partial charge in [0.05, 0.1) is 5.54 Å². The van der Waals surface area contributed by atoms with Crippen LogP contribution in [0.3, 0.4) is 0 Å². The highest BCUT2D eigenvalue weighted by molar-refractivity contribution is 5.92. The van der Waals surface area contributed by atoms with Crippen LogP contribution < -0.4 is 0 Å². The van der Waals surface area contributed by atoms with Crippen molar-refractivity contribution in [2.45, 2.75) is 72.3 Å². The van der Waals surface area contributed by atoms with E-state index >= 15 is 0 Å². The number of allylic oxidation sites excluding steroid dienone is 2. The Balaban J connectivity index is 2.34. The van der Waals surface area contributed by atoms with Crippen LogP contribution in [0.1, 0.15) is 66.7 Å². The minimum atomic E-state index is 0.0465. The molecule has 0 fully saturated rings. The van der Waals surface area contributed by atoms with Gasteiger partial charge in [0.1, 0.15) is 0 Å². The first-order chi connectivity index (χ1) is 8.79. The van der Waals surface area contributed by atoms with E-state index in [-0.39, 0.29) is 16.7 Å². The molecule has 1 atom stereocenters. The minimum absolute atomic E-state index is 0.0465. The predicted molar refractivity (Wildman–Crippen MR) is 79.0 cm³/mol. The Morgan fingerprint density at radius 2 is 1.89 bits per heavy atom. The summed E-state index contributed by atoms with van der Waals surface area (Å²) in [6.07, 6.45) is 6.47. The smallest absolute Gasteiger partial charge is 0.158 e. The zero-order chi connectivity index (χ0) is 14.3. The second-order valence-corrected chi connectivity index (χ2v) is 6.98. The lowest BCUT2D eigenvalue weighted by atomic mass is 9.78. The molecular formula is C16H26N2O. The zero-order valence-electron chi connectivity index (χ0n) is 12.9.